The Hall–Kier alpha value is -2.44. The molecule has 0 radical (unpaired) electrons. The summed E-state index contributed by atoms with van der Waals surface area (Å²) in [5.41, 5.74) is 0.238. The maximum Gasteiger partial charge on any atom is 0.277 e. The van der Waals surface area contributed by atoms with Crippen molar-refractivity contribution in [2.45, 2.75) is 20.8 Å². The predicted octanol–water partition coefficient (Wildman–Crippen LogP) is 1.87. The Morgan fingerprint density at radius 3 is 2.55 bits per heavy atom. The van der Waals surface area contributed by atoms with Crippen molar-refractivity contribution in [1.82, 2.24) is 15.1 Å². The zero-order chi connectivity index (χ0) is 14.5. The van der Waals surface area contributed by atoms with E-state index < -0.39 is 0 Å². The maximum absolute atomic E-state index is 11.9. The third-order valence-electron chi connectivity index (χ3n) is 2.83. The summed E-state index contributed by atoms with van der Waals surface area (Å²) in [5.74, 6) is 1.38. The topological polar surface area (TPSA) is 84.2 Å². The van der Waals surface area contributed by atoms with E-state index in [1.807, 2.05) is 13.8 Å². The molecule has 0 aliphatic rings. The van der Waals surface area contributed by atoms with Gasteiger partial charge in [0.15, 0.2) is 5.82 Å². The van der Waals surface area contributed by atoms with Crippen LogP contribution in [-0.2, 0) is 0 Å². The number of anilines is 2. The van der Waals surface area contributed by atoms with Gasteiger partial charge >= 0.3 is 0 Å². The Balaban J connectivity index is 2.07. The molecule has 0 aromatic carbocycles. The Bertz CT molecular complexity index is 575. The van der Waals surface area contributed by atoms with Crippen LogP contribution in [0.25, 0.3) is 0 Å². The first-order valence-electron chi connectivity index (χ1n) is 6.45. The number of carbonyl (C=O) groups is 1. The number of nitrogens with zero attached hydrogens (tertiary/aromatic N) is 4. The minimum absolute atomic E-state index is 0.238. The molecular weight excluding hydrogens is 258 g/mol. The van der Waals surface area contributed by atoms with E-state index in [0.29, 0.717) is 11.6 Å². The van der Waals surface area contributed by atoms with Gasteiger partial charge in [-0.1, -0.05) is 5.16 Å². The van der Waals surface area contributed by atoms with Crippen LogP contribution in [0.15, 0.2) is 23.0 Å². The lowest BCUT2D eigenvalue weighted by atomic mass is 10.4. The molecule has 0 atom stereocenters. The summed E-state index contributed by atoms with van der Waals surface area (Å²) in [5, 5.41) is 6.29. The van der Waals surface area contributed by atoms with Gasteiger partial charge in [-0.2, -0.15) is 0 Å². The van der Waals surface area contributed by atoms with Crippen LogP contribution in [0.5, 0.6) is 0 Å². The smallest absolute Gasteiger partial charge is 0.277 e. The van der Waals surface area contributed by atoms with E-state index in [1.54, 1.807) is 19.2 Å². The standard InChI is InChI=1S/C13H17N5O2/c1-4-18(5-2)12-8-14-10(7-15-12)13(19)16-11-6-9(3)20-17-11/h6-8H,4-5H2,1-3H3,(H,16,17,19). The minimum Gasteiger partial charge on any atom is -0.360 e. The summed E-state index contributed by atoms with van der Waals surface area (Å²) in [6, 6.07) is 1.63. The van der Waals surface area contributed by atoms with Gasteiger partial charge in [0, 0.05) is 19.2 Å². The lowest BCUT2D eigenvalue weighted by Crippen LogP contribution is -2.23. The summed E-state index contributed by atoms with van der Waals surface area (Å²) in [7, 11) is 0. The fourth-order valence-corrected chi connectivity index (χ4v) is 1.76. The second kappa shape index (κ2) is 6.14. The summed E-state index contributed by atoms with van der Waals surface area (Å²) < 4.78 is 4.87. The molecule has 0 aliphatic carbocycles. The van der Waals surface area contributed by atoms with Crippen molar-refractivity contribution in [3.05, 3.63) is 29.9 Å². The fraction of sp³-hybridized carbons (Fsp3) is 0.385. The molecular formula is C13H17N5O2. The van der Waals surface area contributed by atoms with Gasteiger partial charge in [-0.05, 0) is 20.8 Å². The highest BCUT2D eigenvalue weighted by atomic mass is 16.5. The van der Waals surface area contributed by atoms with Crippen molar-refractivity contribution in [2.75, 3.05) is 23.3 Å². The van der Waals surface area contributed by atoms with E-state index in [0.717, 1.165) is 18.9 Å². The number of hydrogen-bond donors (Lipinski definition) is 1. The second-order valence-corrected chi connectivity index (χ2v) is 4.21. The van der Waals surface area contributed by atoms with Crippen LogP contribution in [0.2, 0.25) is 0 Å². The molecule has 20 heavy (non-hydrogen) atoms. The van der Waals surface area contributed by atoms with Crippen molar-refractivity contribution < 1.29 is 9.32 Å². The normalized spacial score (nSPS) is 10.3. The number of nitrogens with one attached hydrogen (secondary N) is 1. The highest BCUT2D eigenvalue weighted by Gasteiger charge is 2.12. The largest absolute Gasteiger partial charge is 0.360 e. The highest BCUT2D eigenvalue weighted by Crippen LogP contribution is 2.11. The van der Waals surface area contributed by atoms with Gasteiger partial charge in [-0.3, -0.25) is 4.79 Å². The molecule has 0 spiro atoms. The van der Waals surface area contributed by atoms with Gasteiger partial charge in [-0.15, -0.1) is 0 Å². The quantitative estimate of drug-likeness (QED) is 0.896. The zero-order valence-electron chi connectivity index (χ0n) is 11.8. The molecule has 2 aromatic heterocycles. The molecule has 7 heteroatoms. The molecule has 0 saturated carbocycles. The van der Waals surface area contributed by atoms with Crippen LogP contribution in [0.1, 0.15) is 30.1 Å². The van der Waals surface area contributed by atoms with E-state index in [1.165, 1.54) is 6.20 Å². The van der Waals surface area contributed by atoms with Gasteiger partial charge in [-0.25, -0.2) is 9.97 Å². The van der Waals surface area contributed by atoms with Crippen LogP contribution in [-0.4, -0.2) is 34.1 Å². The first kappa shape index (κ1) is 14.0. The third kappa shape index (κ3) is 3.11. The van der Waals surface area contributed by atoms with Crippen molar-refractivity contribution in [3.63, 3.8) is 0 Å². The van der Waals surface area contributed by atoms with Crippen LogP contribution >= 0.6 is 0 Å². The number of aryl methyl sites for hydroxylation is 1. The monoisotopic (exact) mass is 275 g/mol. The molecule has 106 valence electrons. The molecule has 2 rings (SSSR count). The molecule has 2 heterocycles. The van der Waals surface area contributed by atoms with Crippen molar-refractivity contribution in [2.24, 2.45) is 0 Å². The van der Waals surface area contributed by atoms with Crippen molar-refractivity contribution >= 4 is 17.5 Å². The molecule has 7 nitrogen and oxygen atoms in total. The number of hydrogen-bond acceptors (Lipinski definition) is 6. The number of rotatable bonds is 5. The molecule has 0 fully saturated rings. The number of amides is 1. The molecule has 0 unspecified atom stereocenters. The van der Waals surface area contributed by atoms with E-state index >= 15 is 0 Å². The molecule has 1 amide bonds. The van der Waals surface area contributed by atoms with E-state index in [9.17, 15) is 4.79 Å². The molecule has 0 saturated heterocycles. The van der Waals surface area contributed by atoms with Crippen molar-refractivity contribution in [3.8, 4) is 0 Å². The molecule has 0 bridgehead atoms. The average molecular weight is 275 g/mol. The SMILES string of the molecule is CCN(CC)c1cnc(C(=O)Nc2cc(C)on2)cn1. The lowest BCUT2D eigenvalue weighted by Gasteiger charge is -2.18. The lowest BCUT2D eigenvalue weighted by molar-refractivity contribution is 0.102. The van der Waals surface area contributed by atoms with Gasteiger partial charge < -0.3 is 14.7 Å². The van der Waals surface area contributed by atoms with Gasteiger partial charge in [0.2, 0.25) is 0 Å². The Morgan fingerprint density at radius 2 is 2.05 bits per heavy atom. The molecule has 1 N–H and O–H groups in total. The second-order valence-electron chi connectivity index (χ2n) is 4.21. The minimum atomic E-state index is -0.364. The summed E-state index contributed by atoms with van der Waals surface area (Å²) in [6.45, 7) is 7.52. The van der Waals surface area contributed by atoms with Gasteiger partial charge in [0.05, 0.1) is 12.4 Å². The van der Waals surface area contributed by atoms with E-state index in [2.05, 4.69) is 25.3 Å². The van der Waals surface area contributed by atoms with Gasteiger partial charge in [0.1, 0.15) is 17.3 Å². The third-order valence-corrected chi connectivity index (χ3v) is 2.83. The van der Waals surface area contributed by atoms with Crippen LogP contribution in [0.3, 0.4) is 0 Å². The Morgan fingerprint density at radius 1 is 1.30 bits per heavy atom. The highest BCUT2D eigenvalue weighted by molar-refractivity contribution is 6.02. The van der Waals surface area contributed by atoms with Gasteiger partial charge in [0.25, 0.3) is 5.91 Å². The summed E-state index contributed by atoms with van der Waals surface area (Å²) in [4.78, 5) is 22.4. The Kier molecular flexibility index (Phi) is 4.29. The molecule has 0 aliphatic heterocycles. The van der Waals surface area contributed by atoms with E-state index in [-0.39, 0.29) is 11.6 Å². The summed E-state index contributed by atoms with van der Waals surface area (Å²) >= 11 is 0. The molecule has 2 aromatic rings. The first-order valence-corrected chi connectivity index (χ1v) is 6.45. The number of carbonyl (C=O) groups excluding carboxylic acids is 1. The Labute approximate surface area is 117 Å². The summed E-state index contributed by atoms with van der Waals surface area (Å²) in [6.07, 6.45) is 3.05. The van der Waals surface area contributed by atoms with Crippen LogP contribution in [0, 0.1) is 6.92 Å². The fourth-order valence-electron chi connectivity index (χ4n) is 1.76. The van der Waals surface area contributed by atoms with Crippen LogP contribution in [0.4, 0.5) is 11.6 Å². The first-order chi connectivity index (χ1) is 9.63. The zero-order valence-corrected chi connectivity index (χ0v) is 11.8. The van der Waals surface area contributed by atoms with Crippen molar-refractivity contribution in [1.29, 1.82) is 0 Å². The van der Waals surface area contributed by atoms with Crippen LogP contribution < -0.4 is 10.2 Å². The maximum atomic E-state index is 11.9. The number of aromatic nitrogens is 3. The predicted molar refractivity (Wildman–Crippen MR) is 74.8 cm³/mol. The average Bonchev–Trinajstić information content (AvgIpc) is 2.86. The van der Waals surface area contributed by atoms with E-state index in [4.69, 9.17) is 4.52 Å².